The lowest BCUT2D eigenvalue weighted by molar-refractivity contribution is -0.142. The van der Waals surface area contributed by atoms with Crippen molar-refractivity contribution in [2.75, 3.05) is 27.1 Å². The van der Waals surface area contributed by atoms with E-state index in [1.54, 1.807) is 30.3 Å². The molecule has 0 aliphatic rings. The Labute approximate surface area is 187 Å². The van der Waals surface area contributed by atoms with Gasteiger partial charge in [-0.2, -0.15) is 0 Å². The van der Waals surface area contributed by atoms with Gasteiger partial charge in [-0.15, -0.1) is 0 Å². The number of sulfone groups is 1. The maximum Gasteiger partial charge on any atom is 0.334 e. The Kier molecular flexibility index (Phi) is 9.15. The minimum Gasteiger partial charge on any atom is -0.467 e. The average Bonchev–Trinajstić information content (AvgIpc) is 2.82. The minimum atomic E-state index is -3.63. The van der Waals surface area contributed by atoms with Gasteiger partial charge in [0.25, 0.3) is 5.91 Å². The Morgan fingerprint density at radius 3 is 2.09 bits per heavy atom. The number of nitrogens with one attached hydrogen (secondary N) is 1. The van der Waals surface area contributed by atoms with E-state index < -0.39 is 35.4 Å². The van der Waals surface area contributed by atoms with Crippen molar-refractivity contribution in [2.45, 2.75) is 23.5 Å². The lowest BCUT2D eigenvalue weighted by atomic mass is 10.1. The number of esters is 1. The van der Waals surface area contributed by atoms with Gasteiger partial charge in [0.2, 0.25) is 0 Å². The van der Waals surface area contributed by atoms with Gasteiger partial charge in [-0.25, -0.2) is 13.2 Å². The van der Waals surface area contributed by atoms with Gasteiger partial charge >= 0.3 is 13.6 Å². The summed E-state index contributed by atoms with van der Waals surface area (Å²) in [5.74, 6) is -1.68. The van der Waals surface area contributed by atoms with E-state index in [1.807, 2.05) is 0 Å². The number of hydrogen-bond acceptors (Lipinski definition) is 8. The molecule has 1 atom stereocenters. The van der Waals surface area contributed by atoms with Crippen molar-refractivity contribution in [1.29, 1.82) is 0 Å². The lowest BCUT2D eigenvalue weighted by Gasteiger charge is -2.17. The maximum atomic E-state index is 12.6. The number of benzene rings is 2. The molecule has 0 saturated heterocycles. The smallest absolute Gasteiger partial charge is 0.334 e. The molecule has 9 nitrogen and oxygen atoms in total. The molecule has 2 aromatic rings. The van der Waals surface area contributed by atoms with Crippen LogP contribution in [0.2, 0.25) is 0 Å². The molecule has 1 N–H and O–H groups in total. The highest BCUT2D eigenvalue weighted by molar-refractivity contribution is 7.91. The fourth-order valence-electron chi connectivity index (χ4n) is 2.84. The number of amides is 1. The molecule has 0 saturated carbocycles. The predicted octanol–water partition coefficient (Wildman–Crippen LogP) is 2.81. The van der Waals surface area contributed by atoms with Crippen molar-refractivity contribution in [1.82, 2.24) is 5.32 Å². The summed E-state index contributed by atoms with van der Waals surface area (Å²) < 4.78 is 51.7. The molecule has 0 aromatic heterocycles. The van der Waals surface area contributed by atoms with Gasteiger partial charge in [-0.3, -0.25) is 9.36 Å². The van der Waals surface area contributed by atoms with E-state index in [2.05, 4.69) is 5.32 Å². The van der Waals surface area contributed by atoms with Crippen LogP contribution in [0.1, 0.15) is 22.3 Å². The molecule has 2 aromatic carbocycles. The van der Waals surface area contributed by atoms with Crippen LogP contribution < -0.4 is 5.32 Å². The summed E-state index contributed by atoms with van der Waals surface area (Å²) in [6.45, 7) is 0. The SMILES string of the molecule is COC(=O)[C@H](CCS(=O)(=O)c1ccccc1)NC(=O)c1ccc(CP(=O)(OC)OC)cc1. The molecule has 0 heterocycles. The van der Waals surface area contributed by atoms with E-state index >= 15 is 0 Å². The predicted molar refractivity (Wildman–Crippen MR) is 118 cm³/mol. The first-order valence-electron chi connectivity index (χ1n) is 9.60. The van der Waals surface area contributed by atoms with Crippen LogP contribution in [0.4, 0.5) is 0 Å². The standard InChI is InChI=1S/C21H26NO8PS/c1-28-21(24)19(13-14-32(26,27)18-7-5-4-6-8-18)22-20(23)17-11-9-16(10-12-17)15-31(25,29-2)30-3/h4-12,19H,13-15H2,1-3H3,(H,22,23)/t19-/m0/s1. The van der Waals surface area contributed by atoms with Gasteiger partial charge in [0.15, 0.2) is 9.84 Å². The zero-order valence-corrected chi connectivity index (χ0v) is 19.7. The molecule has 0 radical (unpaired) electrons. The highest BCUT2D eigenvalue weighted by Gasteiger charge is 2.26. The fourth-order valence-corrected chi connectivity index (χ4v) is 5.26. The van der Waals surface area contributed by atoms with Gasteiger partial charge in [0.1, 0.15) is 6.04 Å². The molecule has 0 aliphatic heterocycles. The normalized spacial score (nSPS) is 12.7. The number of hydrogen-bond donors (Lipinski definition) is 1. The molecule has 0 spiro atoms. The summed E-state index contributed by atoms with van der Waals surface area (Å²) in [4.78, 5) is 24.9. The summed E-state index contributed by atoms with van der Waals surface area (Å²) >= 11 is 0. The van der Waals surface area contributed by atoms with Gasteiger partial charge < -0.3 is 19.1 Å². The average molecular weight is 483 g/mol. The van der Waals surface area contributed by atoms with Crippen molar-refractivity contribution in [3.63, 3.8) is 0 Å². The number of methoxy groups -OCH3 is 1. The maximum absolute atomic E-state index is 12.6. The van der Waals surface area contributed by atoms with Crippen LogP contribution in [-0.2, 0) is 39.1 Å². The third-order valence-electron chi connectivity index (χ3n) is 4.72. The van der Waals surface area contributed by atoms with Crippen molar-refractivity contribution in [2.24, 2.45) is 0 Å². The van der Waals surface area contributed by atoms with Crippen molar-refractivity contribution < 1.29 is 36.4 Å². The van der Waals surface area contributed by atoms with Crippen LogP contribution in [0.15, 0.2) is 59.5 Å². The molecular formula is C21H26NO8PS. The van der Waals surface area contributed by atoms with E-state index in [1.165, 1.54) is 38.5 Å². The van der Waals surface area contributed by atoms with Gasteiger partial charge in [0.05, 0.1) is 23.9 Å². The van der Waals surface area contributed by atoms with E-state index in [0.717, 1.165) is 7.11 Å². The van der Waals surface area contributed by atoms with Crippen LogP contribution in [0, 0.1) is 0 Å². The van der Waals surface area contributed by atoms with E-state index in [4.69, 9.17) is 13.8 Å². The van der Waals surface area contributed by atoms with Crippen molar-refractivity contribution >= 4 is 29.3 Å². The summed E-state index contributed by atoms with van der Waals surface area (Å²) in [6.07, 6.45) is -0.122. The van der Waals surface area contributed by atoms with Crippen LogP contribution in [0.3, 0.4) is 0 Å². The third kappa shape index (κ3) is 7.00. The van der Waals surface area contributed by atoms with Crippen LogP contribution >= 0.6 is 7.60 Å². The topological polar surface area (TPSA) is 125 Å². The van der Waals surface area contributed by atoms with Crippen molar-refractivity contribution in [3.8, 4) is 0 Å². The van der Waals surface area contributed by atoms with E-state index in [0.29, 0.717) is 5.56 Å². The van der Waals surface area contributed by atoms with Crippen LogP contribution in [0.5, 0.6) is 0 Å². The summed E-state index contributed by atoms with van der Waals surface area (Å²) in [7, 11) is -3.15. The molecule has 32 heavy (non-hydrogen) atoms. The molecule has 2 rings (SSSR count). The highest BCUT2D eigenvalue weighted by Crippen LogP contribution is 2.49. The summed E-state index contributed by atoms with van der Waals surface area (Å²) in [6, 6.07) is 12.9. The number of rotatable bonds is 11. The Hall–Kier alpha value is -2.52. The first-order chi connectivity index (χ1) is 15.1. The second-order valence-corrected chi connectivity index (χ2v) is 11.2. The van der Waals surface area contributed by atoms with Crippen LogP contribution in [-0.4, -0.2) is 53.4 Å². The highest BCUT2D eigenvalue weighted by atomic mass is 32.2. The zero-order chi connectivity index (χ0) is 23.8. The quantitative estimate of drug-likeness (QED) is 0.382. The third-order valence-corrected chi connectivity index (χ3v) is 8.35. The second-order valence-electron chi connectivity index (χ2n) is 6.80. The molecule has 0 aliphatic carbocycles. The Balaban J connectivity index is 2.08. The van der Waals surface area contributed by atoms with Gasteiger partial charge in [0, 0.05) is 19.8 Å². The first-order valence-corrected chi connectivity index (χ1v) is 13.0. The second kappa shape index (κ2) is 11.4. The Bertz CT molecular complexity index is 1060. The van der Waals surface area contributed by atoms with Crippen molar-refractivity contribution in [3.05, 3.63) is 65.7 Å². The lowest BCUT2D eigenvalue weighted by Crippen LogP contribution is -2.42. The summed E-state index contributed by atoms with van der Waals surface area (Å²) in [5, 5.41) is 2.52. The first kappa shape index (κ1) is 25.7. The van der Waals surface area contributed by atoms with E-state index in [9.17, 15) is 22.6 Å². The van der Waals surface area contributed by atoms with Crippen LogP contribution in [0.25, 0.3) is 0 Å². The Morgan fingerprint density at radius 2 is 1.56 bits per heavy atom. The largest absolute Gasteiger partial charge is 0.467 e. The fraction of sp³-hybridized carbons (Fsp3) is 0.333. The molecule has 11 heteroatoms. The Morgan fingerprint density at radius 1 is 0.969 bits per heavy atom. The van der Waals surface area contributed by atoms with Gasteiger partial charge in [-0.1, -0.05) is 30.3 Å². The molecule has 0 bridgehead atoms. The molecule has 174 valence electrons. The van der Waals surface area contributed by atoms with E-state index in [-0.39, 0.29) is 28.8 Å². The molecule has 0 unspecified atom stereocenters. The monoisotopic (exact) mass is 483 g/mol. The number of carbonyl (C=O) groups excluding carboxylic acids is 2. The summed E-state index contributed by atoms with van der Waals surface area (Å²) in [5.41, 5.74) is 0.866. The molecule has 0 fully saturated rings. The zero-order valence-electron chi connectivity index (χ0n) is 18.0. The number of ether oxygens (including phenoxy) is 1. The number of carbonyl (C=O) groups is 2. The molecular weight excluding hydrogens is 457 g/mol. The molecule has 1 amide bonds. The minimum absolute atomic E-state index is 0.0318. The van der Waals surface area contributed by atoms with Gasteiger partial charge in [-0.05, 0) is 36.2 Å².